The molecule has 0 fully saturated rings. The standard InChI is InChI=1S/C5H8N2S/c1-2-7-5(8)3-4-6/h2-3H2,1H3,(H,7,8). The van der Waals surface area contributed by atoms with Crippen LogP contribution in [0.15, 0.2) is 0 Å². The van der Waals surface area contributed by atoms with Crippen LogP contribution in [0.5, 0.6) is 0 Å². The first-order valence-corrected chi connectivity index (χ1v) is 2.85. The van der Waals surface area contributed by atoms with Crippen molar-refractivity contribution in [3.05, 3.63) is 0 Å². The third kappa shape index (κ3) is 3.57. The van der Waals surface area contributed by atoms with Gasteiger partial charge in [-0.15, -0.1) is 0 Å². The minimum atomic E-state index is 0.336. The lowest BCUT2D eigenvalue weighted by atomic mass is 10.4. The van der Waals surface area contributed by atoms with E-state index in [1.54, 1.807) is 0 Å². The number of nitriles is 1. The summed E-state index contributed by atoms with van der Waals surface area (Å²) in [6, 6.07) is 1.95. The number of hydrogen-bond donors (Lipinski definition) is 1. The molecule has 1 N–H and O–H groups in total. The maximum absolute atomic E-state index is 8.09. The zero-order valence-electron chi connectivity index (χ0n) is 4.77. The monoisotopic (exact) mass is 128 g/mol. The summed E-state index contributed by atoms with van der Waals surface area (Å²) in [6.07, 6.45) is 0.336. The normalized spacial score (nSPS) is 7.50. The second kappa shape index (κ2) is 4.54. The number of rotatable bonds is 2. The molecule has 0 rings (SSSR count). The van der Waals surface area contributed by atoms with E-state index in [1.807, 2.05) is 13.0 Å². The zero-order chi connectivity index (χ0) is 6.41. The summed E-state index contributed by atoms with van der Waals surface area (Å²) in [4.78, 5) is 0.634. The van der Waals surface area contributed by atoms with Gasteiger partial charge in [0.1, 0.15) is 0 Å². The molecule has 0 aromatic carbocycles. The van der Waals surface area contributed by atoms with E-state index in [2.05, 4.69) is 5.32 Å². The molecular weight excluding hydrogens is 120 g/mol. The Labute approximate surface area is 54.5 Å². The van der Waals surface area contributed by atoms with Crippen molar-refractivity contribution in [2.75, 3.05) is 6.54 Å². The van der Waals surface area contributed by atoms with Crippen LogP contribution >= 0.6 is 12.2 Å². The fourth-order valence-corrected chi connectivity index (χ4v) is 0.540. The topological polar surface area (TPSA) is 35.8 Å². The van der Waals surface area contributed by atoms with Crippen molar-refractivity contribution >= 4 is 17.2 Å². The van der Waals surface area contributed by atoms with Crippen LogP contribution in [0.1, 0.15) is 13.3 Å². The highest BCUT2D eigenvalue weighted by molar-refractivity contribution is 7.80. The summed E-state index contributed by atoms with van der Waals surface area (Å²) in [5.74, 6) is 0. The highest BCUT2D eigenvalue weighted by atomic mass is 32.1. The fourth-order valence-electron chi connectivity index (χ4n) is 0.331. The average molecular weight is 128 g/mol. The van der Waals surface area contributed by atoms with Crippen molar-refractivity contribution in [3.8, 4) is 6.07 Å². The predicted octanol–water partition coefficient (Wildman–Crippen LogP) is 0.837. The molecule has 0 radical (unpaired) electrons. The summed E-state index contributed by atoms with van der Waals surface area (Å²) in [5.41, 5.74) is 0. The van der Waals surface area contributed by atoms with Crippen LogP contribution in [0.25, 0.3) is 0 Å². The van der Waals surface area contributed by atoms with Crippen LogP contribution in [0, 0.1) is 11.3 Å². The van der Waals surface area contributed by atoms with E-state index >= 15 is 0 Å². The summed E-state index contributed by atoms with van der Waals surface area (Å²) in [6.45, 7) is 2.75. The predicted molar refractivity (Wildman–Crippen MR) is 36.5 cm³/mol. The molecule has 0 atom stereocenters. The van der Waals surface area contributed by atoms with E-state index in [-0.39, 0.29) is 0 Å². The molecule has 0 heterocycles. The first-order valence-electron chi connectivity index (χ1n) is 2.45. The minimum Gasteiger partial charge on any atom is -0.379 e. The van der Waals surface area contributed by atoms with Crippen LogP contribution in [-0.2, 0) is 0 Å². The minimum absolute atomic E-state index is 0.336. The second-order valence-electron chi connectivity index (χ2n) is 1.29. The van der Waals surface area contributed by atoms with Gasteiger partial charge < -0.3 is 5.32 Å². The smallest absolute Gasteiger partial charge is 0.0895 e. The third-order valence-corrected chi connectivity index (χ3v) is 0.902. The Morgan fingerprint density at radius 1 is 1.88 bits per heavy atom. The highest BCUT2D eigenvalue weighted by Crippen LogP contribution is 1.77. The van der Waals surface area contributed by atoms with Crippen molar-refractivity contribution in [1.82, 2.24) is 5.32 Å². The lowest BCUT2D eigenvalue weighted by molar-refractivity contribution is 0.968. The molecule has 2 nitrogen and oxygen atoms in total. The van der Waals surface area contributed by atoms with E-state index in [4.69, 9.17) is 17.5 Å². The van der Waals surface area contributed by atoms with E-state index in [1.165, 1.54) is 0 Å². The number of hydrogen-bond acceptors (Lipinski definition) is 2. The van der Waals surface area contributed by atoms with Crippen LogP contribution in [0.3, 0.4) is 0 Å². The fraction of sp³-hybridized carbons (Fsp3) is 0.600. The second-order valence-corrected chi connectivity index (χ2v) is 1.78. The lowest BCUT2D eigenvalue weighted by Crippen LogP contribution is -2.19. The van der Waals surface area contributed by atoms with E-state index in [0.717, 1.165) is 6.54 Å². The van der Waals surface area contributed by atoms with Crippen molar-refractivity contribution < 1.29 is 0 Å². The van der Waals surface area contributed by atoms with Gasteiger partial charge in [-0.1, -0.05) is 12.2 Å². The Kier molecular flexibility index (Phi) is 4.19. The maximum atomic E-state index is 8.09. The Bertz CT molecular complexity index is 114. The molecule has 0 unspecified atom stereocenters. The Balaban J connectivity index is 3.23. The molecule has 0 aromatic rings. The van der Waals surface area contributed by atoms with Crippen LogP contribution in [-0.4, -0.2) is 11.5 Å². The summed E-state index contributed by atoms with van der Waals surface area (Å²) in [7, 11) is 0. The molecule has 8 heavy (non-hydrogen) atoms. The zero-order valence-corrected chi connectivity index (χ0v) is 5.59. The van der Waals surface area contributed by atoms with Gasteiger partial charge in [-0.05, 0) is 6.92 Å². The summed E-state index contributed by atoms with van der Waals surface area (Å²) < 4.78 is 0. The van der Waals surface area contributed by atoms with Gasteiger partial charge in [0.05, 0.1) is 17.5 Å². The van der Waals surface area contributed by atoms with Crippen LogP contribution < -0.4 is 5.32 Å². The molecule has 0 spiro atoms. The van der Waals surface area contributed by atoms with Crippen molar-refractivity contribution in [2.24, 2.45) is 0 Å². The molecule has 0 amide bonds. The average Bonchev–Trinajstić information content (AvgIpc) is 1.68. The van der Waals surface area contributed by atoms with Gasteiger partial charge in [0.15, 0.2) is 0 Å². The summed E-state index contributed by atoms with van der Waals surface area (Å²) in [5, 5.41) is 10.9. The Morgan fingerprint density at radius 2 is 2.50 bits per heavy atom. The van der Waals surface area contributed by atoms with Gasteiger partial charge in [-0.3, -0.25) is 0 Å². The first-order chi connectivity index (χ1) is 3.81. The quantitative estimate of drug-likeness (QED) is 0.560. The molecule has 44 valence electrons. The number of nitrogens with one attached hydrogen (secondary N) is 1. The summed E-state index contributed by atoms with van der Waals surface area (Å²) >= 11 is 4.72. The van der Waals surface area contributed by atoms with Gasteiger partial charge in [0, 0.05) is 6.54 Å². The Hall–Kier alpha value is -0.620. The molecule has 0 bridgehead atoms. The first kappa shape index (κ1) is 7.38. The lowest BCUT2D eigenvalue weighted by Gasteiger charge is -1.96. The molecule has 0 saturated heterocycles. The van der Waals surface area contributed by atoms with Crippen LogP contribution in [0.4, 0.5) is 0 Å². The van der Waals surface area contributed by atoms with E-state index in [9.17, 15) is 0 Å². The van der Waals surface area contributed by atoms with Gasteiger partial charge >= 0.3 is 0 Å². The van der Waals surface area contributed by atoms with Gasteiger partial charge in [-0.2, -0.15) is 5.26 Å². The molecular formula is C5H8N2S. The van der Waals surface area contributed by atoms with Gasteiger partial charge in [-0.25, -0.2) is 0 Å². The van der Waals surface area contributed by atoms with Gasteiger partial charge in [0.2, 0.25) is 0 Å². The van der Waals surface area contributed by atoms with Gasteiger partial charge in [0.25, 0.3) is 0 Å². The maximum Gasteiger partial charge on any atom is 0.0895 e. The molecule has 0 aliphatic carbocycles. The molecule has 0 aromatic heterocycles. The largest absolute Gasteiger partial charge is 0.379 e. The highest BCUT2D eigenvalue weighted by Gasteiger charge is 1.87. The molecule has 0 aliphatic rings. The third-order valence-electron chi connectivity index (χ3n) is 0.614. The molecule has 0 saturated carbocycles. The molecule has 0 aliphatic heterocycles. The van der Waals surface area contributed by atoms with Crippen molar-refractivity contribution in [3.63, 3.8) is 0 Å². The van der Waals surface area contributed by atoms with E-state index < -0.39 is 0 Å². The number of thiocarbonyl (C=S) groups is 1. The van der Waals surface area contributed by atoms with Crippen molar-refractivity contribution in [2.45, 2.75) is 13.3 Å². The molecule has 3 heteroatoms. The van der Waals surface area contributed by atoms with E-state index in [0.29, 0.717) is 11.4 Å². The van der Waals surface area contributed by atoms with Crippen LogP contribution in [0.2, 0.25) is 0 Å². The number of nitrogens with zero attached hydrogens (tertiary/aromatic N) is 1. The Morgan fingerprint density at radius 3 is 2.88 bits per heavy atom. The SMILES string of the molecule is CCNC(=S)CC#N. The van der Waals surface area contributed by atoms with Crippen molar-refractivity contribution in [1.29, 1.82) is 5.26 Å².